The van der Waals surface area contributed by atoms with Crippen molar-refractivity contribution in [1.82, 2.24) is 5.32 Å². The maximum atomic E-state index is 11.2. The molecule has 0 saturated carbocycles. The summed E-state index contributed by atoms with van der Waals surface area (Å²) in [5.74, 6) is -0.193. The number of ether oxygens (including phenoxy) is 1. The van der Waals surface area contributed by atoms with Crippen LogP contribution in [0.25, 0.3) is 0 Å². The van der Waals surface area contributed by atoms with E-state index in [4.69, 9.17) is 0 Å². The molecule has 0 heterocycles. The molecule has 0 aromatic heterocycles. The lowest BCUT2D eigenvalue weighted by molar-refractivity contribution is -0.150. The molecule has 0 aliphatic carbocycles. The third-order valence-corrected chi connectivity index (χ3v) is 1.73. The Bertz CT molecular complexity index is 197. The van der Waals surface area contributed by atoms with Gasteiger partial charge in [-0.05, 0) is 20.8 Å². The standard InChI is InChI=1S/C10H19NO2/c1-8(2)6-11-7-10(3,4)9(12)13-5/h11H,1,6-7H2,2-5H3. The van der Waals surface area contributed by atoms with Crippen molar-refractivity contribution in [2.75, 3.05) is 20.2 Å². The van der Waals surface area contributed by atoms with Gasteiger partial charge in [-0.2, -0.15) is 0 Å². The first-order valence-electron chi connectivity index (χ1n) is 4.33. The molecule has 3 nitrogen and oxygen atoms in total. The molecule has 0 aliphatic rings. The van der Waals surface area contributed by atoms with E-state index in [0.29, 0.717) is 6.54 Å². The molecule has 0 fully saturated rings. The molecular formula is C10H19NO2. The minimum Gasteiger partial charge on any atom is -0.469 e. The molecule has 0 bridgehead atoms. The van der Waals surface area contributed by atoms with Gasteiger partial charge in [-0.15, -0.1) is 0 Å². The number of carbonyl (C=O) groups excluding carboxylic acids is 1. The summed E-state index contributed by atoms with van der Waals surface area (Å²) in [6, 6.07) is 0. The highest BCUT2D eigenvalue weighted by atomic mass is 16.5. The Kier molecular flexibility index (Phi) is 4.70. The number of esters is 1. The van der Waals surface area contributed by atoms with Crippen LogP contribution in [0.15, 0.2) is 12.2 Å². The van der Waals surface area contributed by atoms with E-state index >= 15 is 0 Å². The van der Waals surface area contributed by atoms with Crippen molar-refractivity contribution in [3.8, 4) is 0 Å². The van der Waals surface area contributed by atoms with Crippen LogP contribution in [0.2, 0.25) is 0 Å². The summed E-state index contributed by atoms with van der Waals surface area (Å²) >= 11 is 0. The van der Waals surface area contributed by atoms with Gasteiger partial charge in [0.15, 0.2) is 0 Å². The van der Waals surface area contributed by atoms with E-state index in [9.17, 15) is 4.79 Å². The summed E-state index contributed by atoms with van der Waals surface area (Å²) in [4.78, 5) is 11.2. The maximum Gasteiger partial charge on any atom is 0.312 e. The highest BCUT2D eigenvalue weighted by Gasteiger charge is 2.27. The van der Waals surface area contributed by atoms with Crippen LogP contribution in [0.4, 0.5) is 0 Å². The third kappa shape index (κ3) is 4.68. The molecule has 0 radical (unpaired) electrons. The van der Waals surface area contributed by atoms with Gasteiger partial charge in [0.25, 0.3) is 0 Å². The monoisotopic (exact) mass is 185 g/mol. The van der Waals surface area contributed by atoms with Crippen LogP contribution in [0.5, 0.6) is 0 Å². The Labute approximate surface area is 80.2 Å². The van der Waals surface area contributed by atoms with E-state index < -0.39 is 5.41 Å². The first kappa shape index (κ1) is 12.2. The minimum atomic E-state index is -0.468. The second-order valence-electron chi connectivity index (χ2n) is 3.94. The molecule has 0 unspecified atom stereocenters. The fourth-order valence-corrected chi connectivity index (χ4v) is 0.937. The average molecular weight is 185 g/mol. The largest absolute Gasteiger partial charge is 0.469 e. The Hall–Kier alpha value is -0.830. The molecule has 0 aromatic rings. The summed E-state index contributed by atoms with van der Waals surface area (Å²) in [5.41, 5.74) is 0.588. The lowest BCUT2D eigenvalue weighted by atomic mass is 9.94. The van der Waals surface area contributed by atoms with E-state index in [1.807, 2.05) is 20.8 Å². The second-order valence-corrected chi connectivity index (χ2v) is 3.94. The van der Waals surface area contributed by atoms with Crippen molar-refractivity contribution in [2.45, 2.75) is 20.8 Å². The van der Waals surface area contributed by atoms with Crippen molar-refractivity contribution in [3.05, 3.63) is 12.2 Å². The zero-order valence-corrected chi connectivity index (χ0v) is 8.94. The van der Waals surface area contributed by atoms with Crippen LogP contribution in [-0.2, 0) is 9.53 Å². The first-order valence-corrected chi connectivity index (χ1v) is 4.33. The molecule has 0 amide bonds. The van der Waals surface area contributed by atoms with Crippen molar-refractivity contribution in [1.29, 1.82) is 0 Å². The van der Waals surface area contributed by atoms with Gasteiger partial charge in [0.1, 0.15) is 0 Å². The number of hydrogen-bond donors (Lipinski definition) is 1. The molecule has 3 heteroatoms. The summed E-state index contributed by atoms with van der Waals surface area (Å²) < 4.78 is 4.67. The van der Waals surface area contributed by atoms with Crippen molar-refractivity contribution in [2.24, 2.45) is 5.41 Å². The Morgan fingerprint density at radius 1 is 1.54 bits per heavy atom. The van der Waals surface area contributed by atoms with Crippen LogP contribution < -0.4 is 5.32 Å². The van der Waals surface area contributed by atoms with E-state index in [1.165, 1.54) is 7.11 Å². The first-order chi connectivity index (χ1) is 5.90. The van der Waals surface area contributed by atoms with Crippen molar-refractivity contribution in [3.63, 3.8) is 0 Å². The molecule has 0 rings (SSSR count). The van der Waals surface area contributed by atoms with Crippen LogP contribution in [0.3, 0.4) is 0 Å². The molecule has 76 valence electrons. The van der Waals surface area contributed by atoms with E-state index in [0.717, 1.165) is 12.1 Å². The van der Waals surface area contributed by atoms with E-state index in [1.54, 1.807) is 0 Å². The highest BCUT2D eigenvalue weighted by molar-refractivity contribution is 5.76. The summed E-state index contributed by atoms with van der Waals surface area (Å²) in [6.07, 6.45) is 0. The molecule has 0 aliphatic heterocycles. The second kappa shape index (κ2) is 5.02. The van der Waals surface area contributed by atoms with Crippen LogP contribution in [0.1, 0.15) is 20.8 Å². The topological polar surface area (TPSA) is 38.3 Å². The number of nitrogens with one attached hydrogen (secondary N) is 1. The van der Waals surface area contributed by atoms with Crippen LogP contribution >= 0.6 is 0 Å². The number of hydrogen-bond acceptors (Lipinski definition) is 3. The van der Waals surface area contributed by atoms with Gasteiger partial charge in [-0.3, -0.25) is 4.79 Å². The molecule has 0 spiro atoms. The molecule has 0 aromatic carbocycles. The fraction of sp³-hybridized carbons (Fsp3) is 0.700. The predicted octanol–water partition coefficient (Wildman–Crippen LogP) is 1.35. The minimum absolute atomic E-state index is 0.193. The lowest BCUT2D eigenvalue weighted by Crippen LogP contribution is -2.37. The zero-order valence-electron chi connectivity index (χ0n) is 8.94. The Morgan fingerprint density at radius 3 is 2.46 bits per heavy atom. The van der Waals surface area contributed by atoms with Crippen molar-refractivity contribution < 1.29 is 9.53 Å². The molecule has 0 saturated heterocycles. The highest BCUT2D eigenvalue weighted by Crippen LogP contribution is 2.15. The molecule has 13 heavy (non-hydrogen) atoms. The average Bonchev–Trinajstić information content (AvgIpc) is 2.01. The smallest absolute Gasteiger partial charge is 0.312 e. The number of carbonyl (C=O) groups is 1. The fourth-order valence-electron chi connectivity index (χ4n) is 0.937. The third-order valence-electron chi connectivity index (χ3n) is 1.73. The van der Waals surface area contributed by atoms with Gasteiger partial charge < -0.3 is 10.1 Å². The SMILES string of the molecule is C=C(C)CNCC(C)(C)C(=O)OC. The van der Waals surface area contributed by atoms with E-state index in [2.05, 4.69) is 16.6 Å². The Morgan fingerprint density at radius 2 is 2.08 bits per heavy atom. The van der Waals surface area contributed by atoms with E-state index in [-0.39, 0.29) is 5.97 Å². The molecule has 0 atom stereocenters. The van der Waals surface area contributed by atoms with Gasteiger partial charge in [0.05, 0.1) is 12.5 Å². The van der Waals surface area contributed by atoms with Crippen molar-refractivity contribution >= 4 is 5.97 Å². The summed E-state index contributed by atoms with van der Waals surface area (Å²) in [7, 11) is 1.41. The van der Waals surface area contributed by atoms with Crippen LogP contribution in [-0.4, -0.2) is 26.2 Å². The van der Waals surface area contributed by atoms with Gasteiger partial charge in [-0.25, -0.2) is 0 Å². The summed E-state index contributed by atoms with van der Waals surface area (Å²) in [6.45, 7) is 10.7. The number of methoxy groups -OCH3 is 1. The zero-order chi connectivity index (χ0) is 10.5. The van der Waals surface area contributed by atoms with Gasteiger partial charge in [-0.1, -0.05) is 12.2 Å². The van der Waals surface area contributed by atoms with Gasteiger partial charge >= 0.3 is 5.97 Å². The molecule has 1 N–H and O–H groups in total. The Balaban J connectivity index is 3.89. The predicted molar refractivity (Wildman–Crippen MR) is 53.5 cm³/mol. The quantitative estimate of drug-likeness (QED) is 0.519. The van der Waals surface area contributed by atoms with Gasteiger partial charge in [0, 0.05) is 13.1 Å². The van der Waals surface area contributed by atoms with Gasteiger partial charge in [0.2, 0.25) is 0 Å². The number of rotatable bonds is 5. The van der Waals surface area contributed by atoms with Crippen LogP contribution in [0, 0.1) is 5.41 Å². The molecular weight excluding hydrogens is 166 g/mol. The maximum absolute atomic E-state index is 11.2. The lowest BCUT2D eigenvalue weighted by Gasteiger charge is -2.21. The normalized spacial score (nSPS) is 11.1. The summed E-state index contributed by atoms with van der Waals surface area (Å²) in [5, 5.41) is 3.14.